The number of anilines is 2. The van der Waals surface area contributed by atoms with E-state index in [0.29, 0.717) is 5.69 Å². The second-order valence-corrected chi connectivity index (χ2v) is 6.13. The van der Waals surface area contributed by atoms with Gasteiger partial charge in [-0.15, -0.1) is 0 Å². The Hall–Kier alpha value is -2.62. The molecule has 1 N–H and O–H groups in total. The average Bonchev–Trinajstić information content (AvgIpc) is 2.73. The van der Waals surface area contributed by atoms with Crippen molar-refractivity contribution in [2.45, 2.75) is 33.2 Å². The summed E-state index contributed by atoms with van der Waals surface area (Å²) in [6.45, 7) is 5.93. The molecule has 0 radical (unpaired) electrons. The molecule has 118 valence electrons. The molecule has 2 aromatic carbocycles. The Labute approximate surface area is 136 Å². The molecule has 1 saturated heterocycles. The van der Waals surface area contributed by atoms with Gasteiger partial charge in [-0.05, 0) is 55.7 Å². The first-order valence-corrected chi connectivity index (χ1v) is 7.73. The van der Waals surface area contributed by atoms with Crippen molar-refractivity contribution in [1.29, 1.82) is 0 Å². The summed E-state index contributed by atoms with van der Waals surface area (Å²) in [6.07, 6.45) is 0.181. The number of benzene rings is 2. The van der Waals surface area contributed by atoms with Crippen LogP contribution >= 0.6 is 0 Å². The highest BCUT2D eigenvalue weighted by Gasteiger charge is 2.40. The number of nitrogens with one attached hydrogen (secondary N) is 1. The molecule has 0 aromatic heterocycles. The van der Waals surface area contributed by atoms with Gasteiger partial charge < -0.3 is 5.32 Å². The molecule has 3 rings (SSSR count). The van der Waals surface area contributed by atoms with Crippen molar-refractivity contribution in [3.8, 4) is 0 Å². The first-order chi connectivity index (χ1) is 11.0. The zero-order valence-electron chi connectivity index (χ0n) is 13.6. The molecule has 2 aromatic rings. The number of carbonyl (C=O) groups excluding carboxylic acids is 2. The van der Waals surface area contributed by atoms with Crippen LogP contribution in [0.5, 0.6) is 0 Å². The highest BCUT2D eigenvalue weighted by Crippen LogP contribution is 2.27. The lowest BCUT2D eigenvalue weighted by Crippen LogP contribution is -2.35. The molecule has 1 aliphatic rings. The Balaban J connectivity index is 1.85. The number of nitrogens with zero attached hydrogens (tertiary/aromatic N) is 1. The second kappa shape index (κ2) is 5.88. The molecule has 1 fully saturated rings. The van der Waals surface area contributed by atoms with Gasteiger partial charge in [-0.25, -0.2) is 4.90 Å². The topological polar surface area (TPSA) is 49.4 Å². The summed E-state index contributed by atoms with van der Waals surface area (Å²) >= 11 is 0. The van der Waals surface area contributed by atoms with Crippen molar-refractivity contribution >= 4 is 23.2 Å². The summed E-state index contributed by atoms with van der Waals surface area (Å²) in [4.78, 5) is 26.3. The second-order valence-electron chi connectivity index (χ2n) is 6.13. The van der Waals surface area contributed by atoms with E-state index in [-0.39, 0.29) is 18.2 Å². The van der Waals surface area contributed by atoms with Gasteiger partial charge in [0.05, 0.1) is 12.1 Å². The molecular formula is C19H20N2O2. The van der Waals surface area contributed by atoms with Crippen molar-refractivity contribution in [3.63, 3.8) is 0 Å². The minimum atomic E-state index is -0.511. The van der Waals surface area contributed by atoms with Gasteiger partial charge in [0.1, 0.15) is 6.04 Å². The molecule has 0 spiro atoms. The van der Waals surface area contributed by atoms with E-state index < -0.39 is 6.04 Å². The van der Waals surface area contributed by atoms with Gasteiger partial charge in [-0.1, -0.05) is 24.3 Å². The van der Waals surface area contributed by atoms with E-state index >= 15 is 0 Å². The van der Waals surface area contributed by atoms with Crippen LogP contribution in [0.25, 0.3) is 0 Å². The molecule has 4 nitrogen and oxygen atoms in total. The maximum Gasteiger partial charge on any atom is 0.256 e. The van der Waals surface area contributed by atoms with Crippen LogP contribution in [0.3, 0.4) is 0 Å². The van der Waals surface area contributed by atoms with Crippen LogP contribution in [0.2, 0.25) is 0 Å². The number of amides is 2. The van der Waals surface area contributed by atoms with Crippen LogP contribution in [0.1, 0.15) is 23.1 Å². The van der Waals surface area contributed by atoms with Crippen LogP contribution in [-0.4, -0.2) is 17.9 Å². The van der Waals surface area contributed by atoms with Crippen molar-refractivity contribution in [2.75, 3.05) is 10.2 Å². The van der Waals surface area contributed by atoms with Gasteiger partial charge in [0, 0.05) is 5.69 Å². The number of para-hydroxylation sites is 1. The number of aryl methyl sites for hydroxylation is 3. The predicted octanol–water partition coefficient (Wildman–Crippen LogP) is 3.36. The molecular weight excluding hydrogens is 288 g/mol. The van der Waals surface area contributed by atoms with E-state index in [0.717, 1.165) is 22.4 Å². The average molecular weight is 308 g/mol. The van der Waals surface area contributed by atoms with Crippen LogP contribution in [0, 0.1) is 20.8 Å². The fourth-order valence-electron chi connectivity index (χ4n) is 3.07. The number of carbonyl (C=O) groups is 2. The summed E-state index contributed by atoms with van der Waals surface area (Å²) in [6, 6.07) is 13.0. The third-order valence-electron chi connectivity index (χ3n) is 4.07. The summed E-state index contributed by atoms with van der Waals surface area (Å²) in [5, 5.41) is 3.21. The summed E-state index contributed by atoms with van der Waals surface area (Å²) in [5.74, 6) is -0.352. The van der Waals surface area contributed by atoms with E-state index in [4.69, 9.17) is 0 Å². The Bertz CT molecular complexity index is 762. The lowest BCUT2D eigenvalue weighted by Gasteiger charge is -2.18. The molecule has 1 aliphatic heterocycles. The Kier molecular flexibility index (Phi) is 3.90. The maximum atomic E-state index is 12.7. The van der Waals surface area contributed by atoms with Crippen molar-refractivity contribution in [2.24, 2.45) is 0 Å². The molecule has 4 heteroatoms. The molecule has 1 unspecified atom stereocenters. The van der Waals surface area contributed by atoms with Gasteiger partial charge >= 0.3 is 0 Å². The maximum absolute atomic E-state index is 12.7. The normalized spacial score (nSPS) is 17.7. The smallest absolute Gasteiger partial charge is 0.256 e. The van der Waals surface area contributed by atoms with Crippen molar-refractivity contribution in [1.82, 2.24) is 0 Å². The van der Waals surface area contributed by atoms with Crippen LogP contribution in [0.15, 0.2) is 42.5 Å². The van der Waals surface area contributed by atoms with E-state index in [1.165, 1.54) is 4.90 Å². The molecule has 0 aliphatic carbocycles. The molecule has 0 bridgehead atoms. The number of hydrogen-bond donors (Lipinski definition) is 1. The van der Waals surface area contributed by atoms with Gasteiger partial charge in [0.25, 0.3) is 5.91 Å². The fraction of sp³-hybridized carbons (Fsp3) is 0.263. The molecule has 23 heavy (non-hydrogen) atoms. The summed E-state index contributed by atoms with van der Waals surface area (Å²) in [5.41, 5.74) is 4.72. The largest absolute Gasteiger partial charge is 0.373 e. The van der Waals surface area contributed by atoms with E-state index in [9.17, 15) is 9.59 Å². The third kappa shape index (κ3) is 2.97. The van der Waals surface area contributed by atoms with Crippen LogP contribution < -0.4 is 10.2 Å². The fourth-order valence-corrected chi connectivity index (χ4v) is 3.07. The SMILES string of the molecule is Cc1cc(C)cc(NC2CC(=O)N(c3ccccc3C)C2=O)c1. The van der Waals surface area contributed by atoms with E-state index in [2.05, 4.69) is 11.4 Å². The molecule has 1 atom stereocenters. The molecule has 0 saturated carbocycles. The van der Waals surface area contributed by atoms with Gasteiger partial charge in [-0.3, -0.25) is 9.59 Å². The lowest BCUT2D eigenvalue weighted by molar-refractivity contribution is -0.121. The zero-order chi connectivity index (χ0) is 16.6. The van der Waals surface area contributed by atoms with Gasteiger partial charge in [0.2, 0.25) is 5.91 Å². The lowest BCUT2D eigenvalue weighted by atomic mass is 10.1. The number of hydrogen-bond acceptors (Lipinski definition) is 3. The van der Waals surface area contributed by atoms with E-state index in [1.807, 2.05) is 57.2 Å². The quantitative estimate of drug-likeness (QED) is 0.885. The molecule has 1 heterocycles. The predicted molar refractivity (Wildman–Crippen MR) is 91.6 cm³/mol. The minimum Gasteiger partial charge on any atom is -0.373 e. The Morgan fingerprint density at radius 1 is 1.00 bits per heavy atom. The zero-order valence-corrected chi connectivity index (χ0v) is 13.6. The number of rotatable bonds is 3. The monoisotopic (exact) mass is 308 g/mol. The first kappa shape index (κ1) is 15.3. The molecule has 2 amide bonds. The van der Waals surface area contributed by atoms with Crippen LogP contribution in [-0.2, 0) is 9.59 Å². The first-order valence-electron chi connectivity index (χ1n) is 7.73. The van der Waals surface area contributed by atoms with E-state index in [1.54, 1.807) is 0 Å². The summed E-state index contributed by atoms with van der Waals surface area (Å²) < 4.78 is 0. The standard InChI is InChI=1S/C19H20N2O2/c1-12-8-13(2)10-15(9-12)20-16-11-18(22)21(19(16)23)17-7-5-4-6-14(17)3/h4-10,16,20H,11H2,1-3H3. The summed E-state index contributed by atoms with van der Waals surface area (Å²) in [7, 11) is 0. The third-order valence-corrected chi connectivity index (χ3v) is 4.07. The van der Waals surface area contributed by atoms with Crippen molar-refractivity contribution < 1.29 is 9.59 Å². The Morgan fingerprint density at radius 2 is 1.65 bits per heavy atom. The highest BCUT2D eigenvalue weighted by molar-refractivity contribution is 6.23. The number of imide groups is 1. The Morgan fingerprint density at radius 3 is 2.30 bits per heavy atom. The van der Waals surface area contributed by atoms with Crippen molar-refractivity contribution in [3.05, 3.63) is 59.2 Å². The van der Waals surface area contributed by atoms with Gasteiger partial charge in [-0.2, -0.15) is 0 Å². The van der Waals surface area contributed by atoms with Crippen LogP contribution in [0.4, 0.5) is 11.4 Å². The highest BCUT2D eigenvalue weighted by atomic mass is 16.2. The van der Waals surface area contributed by atoms with Gasteiger partial charge in [0.15, 0.2) is 0 Å². The minimum absolute atomic E-state index is 0.161.